The van der Waals surface area contributed by atoms with Gasteiger partial charge in [-0.05, 0) is 44.4 Å². The molecule has 0 heterocycles. The number of hydrogen-bond acceptors (Lipinski definition) is 2. The molecule has 1 amide bonds. The third-order valence-electron chi connectivity index (χ3n) is 4.15. The Kier molecular flexibility index (Phi) is 4.25. The van der Waals surface area contributed by atoms with Gasteiger partial charge in [0.05, 0.1) is 5.41 Å². The lowest BCUT2D eigenvalue weighted by molar-refractivity contribution is -0.135. The Balaban J connectivity index is 1.90. The molecule has 1 aromatic carbocycles. The topological polar surface area (TPSA) is 32.3 Å². The molecular weight excluding hydrogens is 236 g/mol. The van der Waals surface area contributed by atoms with Gasteiger partial charge in [0.15, 0.2) is 0 Å². The van der Waals surface area contributed by atoms with Crippen LogP contribution in [0, 0.1) is 12.3 Å². The molecule has 0 saturated heterocycles. The van der Waals surface area contributed by atoms with E-state index in [0.29, 0.717) is 5.91 Å². The first-order chi connectivity index (χ1) is 9.09. The van der Waals surface area contributed by atoms with Gasteiger partial charge in [0.25, 0.3) is 0 Å². The van der Waals surface area contributed by atoms with Crippen molar-refractivity contribution in [3.05, 3.63) is 35.4 Å². The van der Waals surface area contributed by atoms with Crippen molar-refractivity contribution >= 4 is 5.91 Å². The number of hydrogen-bond donors (Lipinski definition) is 1. The van der Waals surface area contributed by atoms with E-state index in [0.717, 1.165) is 32.4 Å². The predicted molar refractivity (Wildman–Crippen MR) is 78.1 cm³/mol. The largest absolute Gasteiger partial charge is 0.345 e. The molecule has 3 heteroatoms. The minimum atomic E-state index is -0.102. The number of carbonyl (C=O) groups excluding carboxylic acids is 1. The molecule has 1 aromatic rings. The van der Waals surface area contributed by atoms with E-state index in [1.807, 2.05) is 19.0 Å². The van der Waals surface area contributed by atoms with Crippen LogP contribution >= 0.6 is 0 Å². The molecule has 2 rings (SSSR count). The van der Waals surface area contributed by atoms with Crippen molar-refractivity contribution in [3.63, 3.8) is 0 Å². The number of nitrogens with zero attached hydrogens (tertiary/aromatic N) is 1. The summed E-state index contributed by atoms with van der Waals surface area (Å²) in [5.41, 5.74) is 2.54. The van der Waals surface area contributed by atoms with Crippen LogP contribution in [-0.2, 0) is 11.2 Å². The third kappa shape index (κ3) is 3.16. The average Bonchev–Trinajstić information content (AvgIpc) is 3.18. The van der Waals surface area contributed by atoms with Gasteiger partial charge in [0.2, 0.25) is 5.91 Å². The smallest absolute Gasteiger partial charge is 0.229 e. The number of amides is 1. The van der Waals surface area contributed by atoms with Crippen molar-refractivity contribution in [1.82, 2.24) is 10.2 Å². The van der Waals surface area contributed by atoms with Gasteiger partial charge >= 0.3 is 0 Å². The highest BCUT2D eigenvalue weighted by atomic mass is 16.2. The monoisotopic (exact) mass is 260 g/mol. The molecule has 0 aromatic heterocycles. The predicted octanol–water partition coefficient (Wildman–Crippen LogP) is 2.00. The molecule has 104 valence electrons. The number of likely N-dealkylation sites (N-methyl/N-ethyl adjacent to an activating group) is 1. The normalized spacial score (nSPS) is 16.2. The zero-order valence-electron chi connectivity index (χ0n) is 12.2. The van der Waals surface area contributed by atoms with E-state index in [2.05, 4.69) is 36.5 Å². The Labute approximate surface area is 116 Å². The van der Waals surface area contributed by atoms with Gasteiger partial charge in [-0.2, -0.15) is 0 Å². The Hall–Kier alpha value is -1.35. The molecule has 3 nitrogen and oxygen atoms in total. The Morgan fingerprint density at radius 1 is 1.37 bits per heavy atom. The average molecular weight is 260 g/mol. The molecule has 0 atom stereocenters. The SMILES string of the molecule is CNCC1(C(=O)N(C)CCc2ccccc2C)CC1. The van der Waals surface area contributed by atoms with E-state index in [1.54, 1.807) is 0 Å². The second-order valence-electron chi connectivity index (χ2n) is 5.71. The van der Waals surface area contributed by atoms with Crippen molar-refractivity contribution < 1.29 is 4.79 Å². The van der Waals surface area contributed by atoms with Crippen LogP contribution < -0.4 is 5.32 Å². The molecule has 1 aliphatic rings. The van der Waals surface area contributed by atoms with Crippen molar-refractivity contribution in [1.29, 1.82) is 0 Å². The first-order valence-corrected chi connectivity index (χ1v) is 7.04. The maximum absolute atomic E-state index is 12.4. The Morgan fingerprint density at radius 3 is 2.63 bits per heavy atom. The molecule has 0 radical (unpaired) electrons. The van der Waals surface area contributed by atoms with Crippen LogP contribution in [0.1, 0.15) is 24.0 Å². The summed E-state index contributed by atoms with van der Waals surface area (Å²) in [5.74, 6) is 0.301. The second kappa shape index (κ2) is 5.74. The second-order valence-corrected chi connectivity index (χ2v) is 5.71. The highest BCUT2D eigenvalue weighted by molar-refractivity contribution is 5.85. The molecule has 1 N–H and O–H groups in total. The van der Waals surface area contributed by atoms with Crippen LogP contribution in [0.25, 0.3) is 0 Å². The van der Waals surface area contributed by atoms with Crippen LogP contribution in [0.3, 0.4) is 0 Å². The fourth-order valence-corrected chi connectivity index (χ4v) is 2.64. The minimum absolute atomic E-state index is 0.102. The molecule has 0 aliphatic heterocycles. The van der Waals surface area contributed by atoms with Gasteiger partial charge in [-0.1, -0.05) is 24.3 Å². The summed E-state index contributed by atoms with van der Waals surface area (Å²) in [6.07, 6.45) is 2.99. The number of nitrogens with one attached hydrogen (secondary N) is 1. The van der Waals surface area contributed by atoms with Crippen LogP contribution in [-0.4, -0.2) is 38.0 Å². The quantitative estimate of drug-likeness (QED) is 0.848. The number of benzene rings is 1. The maximum atomic E-state index is 12.4. The van der Waals surface area contributed by atoms with E-state index in [1.165, 1.54) is 11.1 Å². The molecular formula is C16H24N2O. The zero-order valence-corrected chi connectivity index (χ0v) is 12.2. The maximum Gasteiger partial charge on any atom is 0.229 e. The first-order valence-electron chi connectivity index (χ1n) is 7.04. The fourth-order valence-electron chi connectivity index (χ4n) is 2.64. The summed E-state index contributed by atoms with van der Waals surface area (Å²) in [6.45, 7) is 3.73. The number of aryl methyl sites for hydroxylation is 1. The molecule has 1 fully saturated rings. The molecule has 19 heavy (non-hydrogen) atoms. The van der Waals surface area contributed by atoms with Crippen LogP contribution in [0.15, 0.2) is 24.3 Å². The molecule has 0 spiro atoms. The molecule has 0 unspecified atom stereocenters. The van der Waals surface area contributed by atoms with Crippen molar-refractivity contribution in [2.24, 2.45) is 5.41 Å². The van der Waals surface area contributed by atoms with Crippen molar-refractivity contribution in [2.45, 2.75) is 26.2 Å². The minimum Gasteiger partial charge on any atom is -0.345 e. The summed E-state index contributed by atoms with van der Waals surface area (Å²) in [5, 5.41) is 3.14. The van der Waals surface area contributed by atoms with E-state index < -0.39 is 0 Å². The van der Waals surface area contributed by atoms with Gasteiger partial charge in [0.1, 0.15) is 0 Å². The van der Waals surface area contributed by atoms with Gasteiger partial charge in [-0.3, -0.25) is 4.79 Å². The van der Waals surface area contributed by atoms with Gasteiger partial charge in [-0.15, -0.1) is 0 Å². The fraction of sp³-hybridized carbons (Fsp3) is 0.562. The summed E-state index contributed by atoms with van der Waals surface area (Å²) in [6, 6.07) is 8.39. The summed E-state index contributed by atoms with van der Waals surface area (Å²) >= 11 is 0. The highest BCUT2D eigenvalue weighted by Gasteiger charge is 2.50. The third-order valence-corrected chi connectivity index (χ3v) is 4.15. The lowest BCUT2D eigenvalue weighted by atomic mass is 10.0. The first kappa shape index (κ1) is 14.1. The van der Waals surface area contributed by atoms with Crippen LogP contribution in [0.4, 0.5) is 0 Å². The summed E-state index contributed by atoms with van der Waals surface area (Å²) in [4.78, 5) is 14.3. The van der Waals surface area contributed by atoms with E-state index in [9.17, 15) is 4.79 Å². The Morgan fingerprint density at radius 2 is 2.05 bits per heavy atom. The van der Waals surface area contributed by atoms with Gasteiger partial charge in [0, 0.05) is 20.1 Å². The highest BCUT2D eigenvalue weighted by Crippen LogP contribution is 2.46. The lowest BCUT2D eigenvalue weighted by Crippen LogP contribution is -2.39. The van der Waals surface area contributed by atoms with Gasteiger partial charge < -0.3 is 10.2 Å². The van der Waals surface area contributed by atoms with E-state index >= 15 is 0 Å². The molecule has 0 bridgehead atoms. The summed E-state index contributed by atoms with van der Waals surface area (Å²) in [7, 11) is 3.84. The van der Waals surface area contributed by atoms with Crippen LogP contribution in [0.5, 0.6) is 0 Å². The Bertz CT molecular complexity index is 452. The van der Waals surface area contributed by atoms with Crippen LogP contribution in [0.2, 0.25) is 0 Å². The molecule has 1 saturated carbocycles. The van der Waals surface area contributed by atoms with E-state index in [4.69, 9.17) is 0 Å². The summed E-state index contributed by atoms with van der Waals surface area (Å²) < 4.78 is 0. The number of carbonyl (C=O) groups is 1. The molecule has 1 aliphatic carbocycles. The lowest BCUT2D eigenvalue weighted by Gasteiger charge is -2.23. The number of rotatable bonds is 6. The zero-order chi connectivity index (χ0) is 13.9. The standard InChI is InChI=1S/C16H24N2O/c1-13-6-4-5-7-14(13)8-11-18(3)15(19)16(9-10-16)12-17-2/h4-7,17H,8-12H2,1-3H3. The van der Waals surface area contributed by atoms with Crippen molar-refractivity contribution in [2.75, 3.05) is 27.2 Å². The van der Waals surface area contributed by atoms with Gasteiger partial charge in [-0.25, -0.2) is 0 Å². The van der Waals surface area contributed by atoms with E-state index in [-0.39, 0.29) is 5.41 Å². The van der Waals surface area contributed by atoms with Crippen molar-refractivity contribution in [3.8, 4) is 0 Å².